The van der Waals surface area contributed by atoms with Crippen molar-refractivity contribution in [2.75, 3.05) is 0 Å². The van der Waals surface area contributed by atoms with Crippen LogP contribution in [-0.4, -0.2) is 4.98 Å². The van der Waals surface area contributed by atoms with E-state index in [4.69, 9.17) is 4.98 Å². The van der Waals surface area contributed by atoms with Crippen LogP contribution in [0.3, 0.4) is 0 Å². The lowest BCUT2D eigenvalue weighted by atomic mass is 9.87. The predicted octanol–water partition coefficient (Wildman–Crippen LogP) is 10.7. The second kappa shape index (κ2) is 9.40. The number of hydrogen-bond donors (Lipinski definition) is 0. The Morgan fingerprint density at radius 3 is 2.30 bits per heavy atom. The molecule has 3 aromatic carbocycles. The SMILES string of the molecule is Cc1cc(C)c2c(C(C)C)cc(-c3nccc4c(C)c(-c5ccc(CC(C)(C)C)cc5C)sc34)cc2c1. The molecule has 0 N–H and O–H groups in total. The van der Waals surface area contributed by atoms with E-state index in [1.54, 1.807) is 0 Å². The van der Waals surface area contributed by atoms with Crippen molar-refractivity contribution in [3.63, 3.8) is 0 Å². The first-order chi connectivity index (χ1) is 17.4. The summed E-state index contributed by atoms with van der Waals surface area (Å²) in [5.74, 6) is 0.443. The fourth-order valence-electron chi connectivity index (χ4n) is 5.86. The lowest BCUT2D eigenvalue weighted by Crippen LogP contribution is -2.09. The Hall–Kier alpha value is -2.97. The van der Waals surface area contributed by atoms with Crippen LogP contribution in [0.2, 0.25) is 0 Å². The van der Waals surface area contributed by atoms with Gasteiger partial charge in [0.1, 0.15) is 0 Å². The summed E-state index contributed by atoms with van der Waals surface area (Å²) in [6.07, 6.45) is 3.08. The molecule has 0 atom stereocenters. The van der Waals surface area contributed by atoms with Crippen molar-refractivity contribution in [2.45, 2.75) is 74.7 Å². The number of nitrogens with zero attached hydrogens (tertiary/aromatic N) is 1. The van der Waals surface area contributed by atoms with Gasteiger partial charge in [-0.3, -0.25) is 4.98 Å². The molecule has 0 aliphatic carbocycles. The van der Waals surface area contributed by atoms with Crippen LogP contribution in [0.15, 0.2) is 54.7 Å². The summed E-state index contributed by atoms with van der Waals surface area (Å²) in [4.78, 5) is 6.33. The average Bonchev–Trinajstić information content (AvgIpc) is 3.13. The number of pyridine rings is 1. The van der Waals surface area contributed by atoms with Crippen molar-refractivity contribution in [3.05, 3.63) is 88.1 Å². The number of benzene rings is 3. The second-order valence-corrected chi connectivity index (χ2v) is 13.4. The molecule has 37 heavy (non-hydrogen) atoms. The number of aromatic nitrogens is 1. The lowest BCUT2D eigenvalue weighted by Gasteiger charge is -2.19. The highest BCUT2D eigenvalue weighted by atomic mass is 32.1. The van der Waals surface area contributed by atoms with E-state index in [1.165, 1.54) is 70.2 Å². The molecule has 0 aliphatic heterocycles. The highest BCUT2D eigenvalue weighted by molar-refractivity contribution is 7.23. The minimum Gasteiger partial charge on any atom is -0.255 e. The Bertz CT molecular complexity index is 1640. The first kappa shape index (κ1) is 25.7. The molecule has 1 nitrogen and oxygen atoms in total. The van der Waals surface area contributed by atoms with Crippen LogP contribution in [0.1, 0.15) is 73.9 Å². The van der Waals surface area contributed by atoms with E-state index in [0.29, 0.717) is 5.92 Å². The third-order valence-electron chi connectivity index (χ3n) is 7.44. The Kier molecular flexibility index (Phi) is 6.52. The van der Waals surface area contributed by atoms with E-state index in [-0.39, 0.29) is 5.41 Å². The molecular weight excluding hydrogens is 466 g/mol. The molecule has 5 aromatic rings. The zero-order chi connectivity index (χ0) is 26.6. The summed E-state index contributed by atoms with van der Waals surface area (Å²) in [5.41, 5.74) is 12.1. The second-order valence-electron chi connectivity index (χ2n) is 12.4. The number of aryl methyl sites for hydroxylation is 4. The fraction of sp³-hybridized carbons (Fsp3) is 0.343. The molecule has 0 saturated carbocycles. The molecular formula is C35H39NS. The zero-order valence-electron chi connectivity index (χ0n) is 23.8. The van der Waals surface area contributed by atoms with Gasteiger partial charge in [0, 0.05) is 16.6 Å². The van der Waals surface area contributed by atoms with Gasteiger partial charge in [-0.15, -0.1) is 11.3 Å². The molecule has 0 unspecified atom stereocenters. The minimum absolute atomic E-state index is 0.286. The molecule has 0 saturated heterocycles. The average molecular weight is 506 g/mol. The van der Waals surface area contributed by atoms with Crippen molar-refractivity contribution in [3.8, 4) is 21.7 Å². The van der Waals surface area contributed by atoms with Gasteiger partial charge in [0.2, 0.25) is 0 Å². The minimum atomic E-state index is 0.286. The maximum absolute atomic E-state index is 4.96. The molecule has 5 rings (SSSR count). The largest absolute Gasteiger partial charge is 0.255 e. The smallest absolute Gasteiger partial charge is 0.0880 e. The Morgan fingerprint density at radius 1 is 0.865 bits per heavy atom. The highest BCUT2D eigenvalue weighted by Gasteiger charge is 2.19. The maximum atomic E-state index is 4.96. The molecule has 0 spiro atoms. The van der Waals surface area contributed by atoms with Crippen LogP contribution in [-0.2, 0) is 6.42 Å². The molecule has 0 fully saturated rings. The summed E-state index contributed by atoms with van der Waals surface area (Å²) >= 11 is 1.90. The van der Waals surface area contributed by atoms with Gasteiger partial charge in [-0.2, -0.15) is 0 Å². The summed E-state index contributed by atoms with van der Waals surface area (Å²) < 4.78 is 1.28. The molecule has 0 amide bonds. The predicted molar refractivity (Wildman–Crippen MR) is 164 cm³/mol. The highest BCUT2D eigenvalue weighted by Crippen LogP contribution is 2.44. The Morgan fingerprint density at radius 2 is 1.62 bits per heavy atom. The van der Waals surface area contributed by atoms with E-state index in [1.807, 2.05) is 17.5 Å². The summed E-state index contributed by atoms with van der Waals surface area (Å²) in [7, 11) is 0. The monoisotopic (exact) mass is 505 g/mol. The third-order valence-corrected chi connectivity index (χ3v) is 8.79. The van der Waals surface area contributed by atoms with Gasteiger partial charge in [-0.05, 0) is 113 Å². The molecule has 190 valence electrons. The van der Waals surface area contributed by atoms with Crippen LogP contribution in [0.25, 0.3) is 42.6 Å². The van der Waals surface area contributed by atoms with Crippen molar-refractivity contribution >= 4 is 32.2 Å². The van der Waals surface area contributed by atoms with Crippen molar-refractivity contribution in [1.29, 1.82) is 0 Å². The van der Waals surface area contributed by atoms with E-state index in [2.05, 4.69) is 111 Å². The molecule has 2 heterocycles. The van der Waals surface area contributed by atoms with E-state index in [9.17, 15) is 0 Å². The molecule has 2 aromatic heterocycles. The van der Waals surface area contributed by atoms with E-state index >= 15 is 0 Å². The van der Waals surface area contributed by atoms with Crippen LogP contribution in [0.5, 0.6) is 0 Å². The van der Waals surface area contributed by atoms with Crippen LogP contribution in [0, 0.1) is 33.1 Å². The van der Waals surface area contributed by atoms with Crippen molar-refractivity contribution < 1.29 is 0 Å². The quantitative estimate of drug-likeness (QED) is 0.237. The van der Waals surface area contributed by atoms with Crippen molar-refractivity contribution in [2.24, 2.45) is 5.41 Å². The van der Waals surface area contributed by atoms with Gasteiger partial charge >= 0.3 is 0 Å². The molecule has 0 radical (unpaired) electrons. The number of hydrogen-bond acceptors (Lipinski definition) is 2. The van der Waals surface area contributed by atoms with Gasteiger partial charge in [0.25, 0.3) is 0 Å². The topological polar surface area (TPSA) is 12.9 Å². The Labute approximate surface area is 226 Å². The van der Waals surface area contributed by atoms with Gasteiger partial charge in [0.15, 0.2) is 0 Å². The zero-order valence-corrected chi connectivity index (χ0v) is 24.7. The van der Waals surface area contributed by atoms with Crippen molar-refractivity contribution in [1.82, 2.24) is 4.98 Å². The number of fused-ring (bicyclic) bond motifs is 2. The van der Waals surface area contributed by atoms with Crippen LogP contribution < -0.4 is 0 Å². The van der Waals surface area contributed by atoms with Gasteiger partial charge in [-0.1, -0.05) is 70.5 Å². The van der Waals surface area contributed by atoms with Crippen LogP contribution in [0.4, 0.5) is 0 Å². The molecule has 0 bridgehead atoms. The standard InChI is InChI=1S/C35H39NS/c1-20(2)30-18-27(17-26-15-21(3)14-23(5)31(26)30)32-34-29(12-13-36-32)24(6)33(37-34)28-11-10-25(16-22(28)4)19-35(7,8)9/h10-18,20H,19H2,1-9H3. The van der Waals surface area contributed by atoms with Gasteiger partial charge in [0.05, 0.1) is 10.4 Å². The number of thiophene rings is 1. The normalized spacial score (nSPS) is 12.3. The number of rotatable bonds is 4. The lowest BCUT2D eigenvalue weighted by molar-refractivity contribution is 0.411. The first-order valence-electron chi connectivity index (χ1n) is 13.5. The maximum Gasteiger partial charge on any atom is 0.0880 e. The van der Waals surface area contributed by atoms with Gasteiger partial charge in [-0.25, -0.2) is 0 Å². The van der Waals surface area contributed by atoms with E-state index < -0.39 is 0 Å². The molecule has 2 heteroatoms. The summed E-state index contributed by atoms with van der Waals surface area (Å²) in [5, 5.41) is 4.02. The van der Waals surface area contributed by atoms with Crippen LogP contribution >= 0.6 is 11.3 Å². The fourth-order valence-corrected chi connectivity index (χ4v) is 7.27. The summed E-state index contributed by atoms with van der Waals surface area (Å²) in [6, 6.07) is 18.6. The van der Waals surface area contributed by atoms with Gasteiger partial charge < -0.3 is 0 Å². The summed E-state index contributed by atoms with van der Waals surface area (Å²) in [6.45, 7) is 20.5. The van der Waals surface area contributed by atoms with E-state index in [0.717, 1.165) is 12.1 Å². The Balaban J connectivity index is 1.69. The third kappa shape index (κ3) is 4.84. The first-order valence-corrected chi connectivity index (χ1v) is 14.3. The molecule has 0 aliphatic rings.